The normalized spacial score (nSPS) is 25.5. The molecule has 1 aromatic carbocycles. The van der Waals surface area contributed by atoms with Gasteiger partial charge in [0.1, 0.15) is 0 Å². The van der Waals surface area contributed by atoms with Crippen LogP contribution in [0.4, 0.5) is 5.69 Å². The summed E-state index contributed by atoms with van der Waals surface area (Å²) in [6, 6.07) is 6.42. The number of aryl methyl sites for hydroxylation is 1. The number of benzene rings is 1. The Morgan fingerprint density at radius 3 is 3.05 bits per heavy atom. The van der Waals surface area contributed by atoms with Crippen LogP contribution in [0.2, 0.25) is 0 Å². The minimum Gasteiger partial charge on any atom is -0.384 e. The highest BCUT2D eigenvalue weighted by Crippen LogP contribution is 2.28. The van der Waals surface area contributed by atoms with Crippen molar-refractivity contribution < 1.29 is 4.79 Å². The Morgan fingerprint density at radius 1 is 1.37 bits per heavy atom. The van der Waals surface area contributed by atoms with E-state index >= 15 is 0 Å². The molecule has 3 heteroatoms. The quantitative estimate of drug-likeness (QED) is 0.856. The lowest BCUT2D eigenvalue weighted by Gasteiger charge is -2.21. The molecule has 3 nitrogen and oxygen atoms in total. The lowest BCUT2D eigenvalue weighted by molar-refractivity contribution is 0.0938. The van der Waals surface area contributed by atoms with Gasteiger partial charge in [0, 0.05) is 12.6 Å². The predicted molar refractivity (Wildman–Crippen MR) is 77.5 cm³/mol. The maximum absolute atomic E-state index is 12.4. The first-order chi connectivity index (χ1) is 9.24. The summed E-state index contributed by atoms with van der Waals surface area (Å²) in [6.45, 7) is 3.23. The maximum atomic E-state index is 12.4. The number of anilines is 1. The first-order valence-corrected chi connectivity index (χ1v) is 7.40. The third kappa shape index (κ3) is 2.60. The van der Waals surface area contributed by atoms with Gasteiger partial charge in [0.25, 0.3) is 5.91 Å². The van der Waals surface area contributed by atoms with Gasteiger partial charge in [-0.3, -0.25) is 4.79 Å². The lowest BCUT2D eigenvalue weighted by atomic mass is 9.99. The fourth-order valence-electron chi connectivity index (χ4n) is 3.30. The number of para-hydroxylation sites is 1. The topological polar surface area (TPSA) is 41.1 Å². The van der Waals surface area contributed by atoms with Gasteiger partial charge in [-0.15, -0.1) is 0 Å². The summed E-state index contributed by atoms with van der Waals surface area (Å²) < 4.78 is 0. The molecule has 1 aliphatic carbocycles. The van der Waals surface area contributed by atoms with Crippen LogP contribution in [0.25, 0.3) is 0 Å². The Balaban J connectivity index is 1.76. The summed E-state index contributed by atoms with van der Waals surface area (Å²) in [7, 11) is 0. The van der Waals surface area contributed by atoms with Crippen molar-refractivity contribution in [2.45, 2.75) is 45.1 Å². The Morgan fingerprint density at radius 2 is 2.26 bits per heavy atom. The number of fused-ring (bicyclic) bond motifs is 1. The zero-order chi connectivity index (χ0) is 13.2. The summed E-state index contributed by atoms with van der Waals surface area (Å²) in [5, 5.41) is 6.58. The van der Waals surface area contributed by atoms with Crippen LogP contribution in [0.1, 0.15) is 48.5 Å². The highest BCUT2D eigenvalue weighted by molar-refractivity contribution is 6.00. The number of carbonyl (C=O) groups excluding carboxylic acids is 1. The number of hydrogen-bond acceptors (Lipinski definition) is 2. The summed E-state index contributed by atoms with van der Waals surface area (Å²) in [5.41, 5.74) is 3.15. The molecule has 1 fully saturated rings. The van der Waals surface area contributed by atoms with E-state index in [4.69, 9.17) is 0 Å². The first kappa shape index (κ1) is 12.5. The first-order valence-electron chi connectivity index (χ1n) is 7.40. The molecule has 102 valence electrons. The van der Waals surface area contributed by atoms with E-state index in [-0.39, 0.29) is 5.91 Å². The van der Waals surface area contributed by atoms with E-state index in [1.165, 1.54) is 12.0 Å². The predicted octanol–water partition coefficient (Wildman–Crippen LogP) is 2.96. The van der Waals surface area contributed by atoms with Crippen molar-refractivity contribution in [3.63, 3.8) is 0 Å². The number of amides is 1. The van der Waals surface area contributed by atoms with Crippen molar-refractivity contribution in [2.24, 2.45) is 5.92 Å². The second kappa shape index (κ2) is 5.24. The van der Waals surface area contributed by atoms with Gasteiger partial charge >= 0.3 is 0 Å². The third-order valence-corrected chi connectivity index (χ3v) is 4.35. The molecule has 1 aromatic rings. The van der Waals surface area contributed by atoms with Gasteiger partial charge < -0.3 is 10.6 Å². The summed E-state index contributed by atoms with van der Waals surface area (Å²) in [6.07, 6.45) is 5.70. The highest BCUT2D eigenvalue weighted by atomic mass is 16.1. The summed E-state index contributed by atoms with van der Waals surface area (Å²) >= 11 is 0. The van der Waals surface area contributed by atoms with Crippen molar-refractivity contribution in [3.8, 4) is 0 Å². The fourth-order valence-corrected chi connectivity index (χ4v) is 3.30. The molecule has 2 N–H and O–H groups in total. The summed E-state index contributed by atoms with van der Waals surface area (Å²) in [5.74, 6) is 0.832. The van der Waals surface area contributed by atoms with E-state index in [0.29, 0.717) is 6.04 Å². The largest absolute Gasteiger partial charge is 0.384 e. The molecule has 1 saturated carbocycles. The van der Waals surface area contributed by atoms with Crippen LogP contribution < -0.4 is 10.6 Å². The van der Waals surface area contributed by atoms with E-state index < -0.39 is 0 Å². The average molecular weight is 258 g/mol. The van der Waals surface area contributed by atoms with Gasteiger partial charge in [0.15, 0.2) is 0 Å². The Kier molecular flexibility index (Phi) is 3.45. The Hall–Kier alpha value is -1.51. The molecular formula is C16H22N2O. The van der Waals surface area contributed by atoms with Crippen molar-refractivity contribution in [2.75, 3.05) is 11.9 Å². The zero-order valence-electron chi connectivity index (χ0n) is 11.5. The van der Waals surface area contributed by atoms with E-state index in [1.807, 2.05) is 12.1 Å². The third-order valence-electron chi connectivity index (χ3n) is 4.35. The van der Waals surface area contributed by atoms with Crippen molar-refractivity contribution in [1.82, 2.24) is 5.32 Å². The zero-order valence-corrected chi connectivity index (χ0v) is 11.5. The molecular weight excluding hydrogens is 236 g/mol. The van der Waals surface area contributed by atoms with E-state index in [9.17, 15) is 4.79 Å². The van der Waals surface area contributed by atoms with Crippen LogP contribution in [-0.2, 0) is 6.42 Å². The molecule has 0 radical (unpaired) electrons. The highest BCUT2D eigenvalue weighted by Gasteiger charge is 2.24. The molecule has 0 saturated heterocycles. The van der Waals surface area contributed by atoms with Gasteiger partial charge in [0.2, 0.25) is 0 Å². The minimum atomic E-state index is 0.0883. The smallest absolute Gasteiger partial charge is 0.253 e. The second-order valence-corrected chi connectivity index (χ2v) is 5.96. The Bertz CT molecular complexity index is 484. The standard InChI is InChI=1S/C16H22N2O/c1-11-7-8-13(10-11)18-16(19)14-6-2-4-12-5-3-9-17-15(12)14/h2,4,6,11,13,17H,3,5,7-10H2,1H3,(H,18,19). The van der Waals surface area contributed by atoms with E-state index in [1.54, 1.807) is 0 Å². The van der Waals surface area contributed by atoms with Crippen LogP contribution >= 0.6 is 0 Å². The molecule has 1 aliphatic heterocycles. The number of carbonyl (C=O) groups is 1. The number of nitrogens with one attached hydrogen (secondary N) is 2. The second-order valence-electron chi connectivity index (χ2n) is 5.96. The number of hydrogen-bond donors (Lipinski definition) is 2. The molecule has 3 rings (SSSR count). The molecule has 19 heavy (non-hydrogen) atoms. The van der Waals surface area contributed by atoms with Gasteiger partial charge in [-0.25, -0.2) is 0 Å². The van der Waals surface area contributed by atoms with Crippen LogP contribution in [0.5, 0.6) is 0 Å². The van der Waals surface area contributed by atoms with Crippen LogP contribution in [0.3, 0.4) is 0 Å². The van der Waals surface area contributed by atoms with E-state index in [0.717, 1.165) is 49.4 Å². The molecule has 1 heterocycles. The number of rotatable bonds is 2. The Labute approximate surface area is 114 Å². The molecule has 1 amide bonds. The molecule has 2 atom stereocenters. The lowest BCUT2D eigenvalue weighted by Crippen LogP contribution is -2.33. The van der Waals surface area contributed by atoms with Gasteiger partial charge in [0.05, 0.1) is 11.3 Å². The van der Waals surface area contributed by atoms with Crippen molar-refractivity contribution in [3.05, 3.63) is 29.3 Å². The van der Waals surface area contributed by atoms with Gasteiger partial charge in [-0.2, -0.15) is 0 Å². The van der Waals surface area contributed by atoms with Crippen LogP contribution in [-0.4, -0.2) is 18.5 Å². The summed E-state index contributed by atoms with van der Waals surface area (Å²) in [4.78, 5) is 12.4. The molecule has 2 aliphatic rings. The van der Waals surface area contributed by atoms with Crippen LogP contribution in [0.15, 0.2) is 18.2 Å². The average Bonchev–Trinajstić information content (AvgIpc) is 2.83. The molecule has 0 bridgehead atoms. The van der Waals surface area contributed by atoms with E-state index in [2.05, 4.69) is 23.6 Å². The molecule has 0 spiro atoms. The monoisotopic (exact) mass is 258 g/mol. The SMILES string of the molecule is CC1CCC(NC(=O)c2cccc3c2NCCC3)C1. The maximum Gasteiger partial charge on any atom is 0.253 e. The minimum absolute atomic E-state index is 0.0883. The van der Waals surface area contributed by atoms with Gasteiger partial charge in [-0.05, 0) is 49.7 Å². The van der Waals surface area contributed by atoms with Crippen molar-refractivity contribution in [1.29, 1.82) is 0 Å². The van der Waals surface area contributed by atoms with Gasteiger partial charge in [-0.1, -0.05) is 19.1 Å². The fraction of sp³-hybridized carbons (Fsp3) is 0.562. The van der Waals surface area contributed by atoms with Crippen molar-refractivity contribution >= 4 is 11.6 Å². The molecule has 2 unspecified atom stereocenters. The molecule has 0 aromatic heterocycles. The van der Waals surface area contributed by atoms with Crippen LogP contribution in [0, 0.1) is 5.92 Å².